The third kappa shape index (κ3) is 3.70. The van der Waals surface area contributed by atoms with Crippen LogP contribution in [-0.2, 0) is 0 Å². The smallest absolute Gasteiger partial charge is 0.314 e. The van der Waals surface area contributed by atoms with Gasteiger partial charge in [0.05, 0.1) is 6.42 Å². The number of nitrogens with one attached hydrogen (secondary N) is 1. The van der Waals surface area contributed by atoms with Gasteiger partial charge in [0.15, 0.2) is 0 Å². The molecular formula is C14H18F4N2. The Bertz CT molecular complexity index is 453. The minimum absolute atomic E-state index is 0.306. The molecule has 2 rings (SSSR count). The maximum absolute atomic E-state index is 13.6. The van der Waals surface area contributed by atoms with Crippen LogP contribution < -0.4 is 5.32 Å². The molecule has 0 aliphatic carbocycles. The van der Waals surface area contributed by atoms with Crippen molar-refractivity contribution in [2.24, 2.45) is 0 Å². The van der Waals surface area contributed by atoms with Crippen LogP contribution in [0.5, 0.6) is 0 Å². The van der Waals surface area contributed by atoms with Gasteiger partial charge in [-0.3, -0.25) is 4.90 Å². The average molecular weight is 290 g/mol. The number of alkyl halides is 3. The van der Waals surface area contributed by atoms with Crippen molar-refractivity contribution in [1.29, 1.82) is 0 Å². The molecule has 1 heterocycles. The molecule has 1 aromatic rings. The molecule has 1 aliphatic heterocycles. The molecule has 0 saturated carbocycles. The number of hydrogen-bond donors (Lipinski definition) is 1. The fourth-order valence-electron chi connectivity index (χ4n) is 2.63. The topological polar surface area (TPSA) is 15.3 Å². The van der Waals surface area contributed by atoms with Crippen molar-refractivity contribution < 1.29 is 17.6 Å². The molecule has 2 nitrogen and oxygen atoms in total. The molecule has 0 spiro atoms. The number of piperazine rings is 1. The number of hydrogen-bond acceptors (Lipinski definition) is 2. The summed E-state index contributed by atoms with van der Waals surface area (Å²) in [4.78, 5) is 1.78. The second kappa shape index (κ2) is 6.10. The Morgan fingerprint density at radius 1 is 1.25 bits per heavy atom. The molecule has 1 saturated heterocycles. The van der Waals surface area contributed by atoms with Gasteiger partial charge in [0.2, 0.25) is 0 Å². The van der Waals surface area contributed by atoms with Crippen LogP contribution in [0.3, 0.4) is 0 Å². The van der Waals surface area contributed by atoms with E-state index < -0.39 is 24.5 Å². The van der Waals surface area contributed by atoms with E-state index in [0.29, 0.717) is 37.3 Å². The monoisotopic (exact) mass is 290 g/mol. The Labute approximate surface area is 115 Å². The predicted molar refractivity (Wildman–Crippen MR) is 69.0 cm³/mol. The number of halogens is 4. The van der Waals surface area contributed by atoms with Gasteiger partial charge in [0.25, 0.3) is 0 Å². The van der Waals surface area contributed by atoms with Crippen molar-refractivity contribution in [2.75, 3.05) is 26.2 Å². The molecule has 1 aliphatic rings. The lowest BCUT2D eigenvalue weighted by Gasteiger charge is -2.36. The normalized spacial score (nSPS) is 19.1. The van der Waals surface area contributed by atoms with Crippen LogP contribution in [-0.4, -0.2) is 37.3 Å². The molecule has 0 bridgehead atoms. The minimum atomic E-state index is -4.27. The Morgan fingerprint density at radius 3 is 2.50 bits per heavy atom. The van der Waals surface area contributed by atoms with Gasteiger partial charge in [0, 0.05) is 32.2 Å². The number of rotatable bonds is 3. The van der Waals surface area contributed by atoms with Crippen molar-refractivity contribution >= 4 is 0 Å². The molecule has 1 N–H and O–H groups in total. The van der Waals surface area contributed by atoms with Crippen LogP contribution in [0, 0.1) is 12.7 Å². The van der Waals surface area contributed by atoms with Crippen molar-refractivity contribution in [3.63, 3.8) is 0 Å². The van der Waals surface area contributed by atoms with Crippen molar-refractivity contribution in [3.05, 3.63) is 35.1 Å². The van der Waals surface area contributed by atoms with E-state index in [9.17, 15) is 17.6 Å². The molecule has 1 fully saturated rings. The first kappa shape index (κ1) is 15.3. The summed E-state index contributed by atoms with van der Waals surface area (Å²) in [6, 6.07) is 3.54. The summed E-state index contributed by atoms with van der Waals surface area (Å²) in [5, 5.41) is 3.11. The standard InChI is InChI=1S/C14H18F4N2/c1-10-11(3-2-4-12(10)15)13(9-14(16,17)18)20-7-5-19-6-8-20/h2-4,13,19H,5-9H2,1H3/t13-/m1/s1. The van der Waals surface area contributed by atoms with Crippen LogP contribution in [0.4, 0.5) is 17.6 Å². The largest absolute Gasteiger partial charge is 0.390 e. The van der Waals surface area contributed by atoms with Crippen molar-refractivity contribution in [3.8, 4) is 0 Å². The first-order valence-corrected chi connectivity index (χ1v) is 6.65. The average Bonchev–Trinajstić information content (AvgIpc) is 2.40. The SMILES string of the molecule is Cc1c(F)cccc1[C@@H](CC(F)(F)F)N1CCNCC1. The summed E-state index contributed by atoms with van der Waals surface area (Å²) in [5.41, 5.74) is 0.740. The summed E-state index contributed by atoms with van der Waals surface area (Å²) < 4.78 is 52.2. The Hall–Kier alpha value is -1.14. The lowest BCUT2D eigenvalue weighted by molar-refractivity contribution is -0.148. The molecule has 0 aromatic heterocycles. The molecule has 112 valence electrons. The van der Waals surface area contributed by atoms with E-state index in [-0.39, 0.29) is 0 Å². The zero-order valence-corrected chi connectivity index (χ0v) is 11.3. The number of nitrogens with zero attached hydrogens (tertiary/aromatic N) is 1. The van der Waals surface area contributed by atoms with Gasteiger partial charge in [0.1, 0.15) is 5.82 Å². The van der Waals surface area contributed by atoms with Gasteiger partial charge in [-0.05, 0) is 24.1 Å². The summed E-state index contributed by atoms with van der Waals surface area (Å²) in [6.45, 7) is 3.93. The third-order valence-electron chi connectivity index (χ3n) is 3.69. The van der Waals surface area contributed by atoms with Gasteiger partial charge in [-0.25, -0.2) is 4.39 Å². The van der Waals surface area contributed by atoms with Gasteiger partial charge in [-0.1, -0.05) is 12.1 Å². The summed E-state index contributed by atoms with van der Waals surface area (Å²) in [6.07, 6.45) is -5.22. The Morgan fingerprint density at radius 2 is 1.90 bits per heavy atom. The minimum Gasteiger partial charge on any atom is -0.314 e. The number of benzene rings is 1. The summed E-state index contributed by atoms with van der Waals surface area (Å²) in [7, 11) is 0. The molecular weight excluding hydrogens is 272 g/mol. The van der Waals surface area contributed by atoms with E-state index in [4.69, 9.17) is 0 Å². The summed E-state index contributed by atoms with van der Waals surface area (Å²) >= 11 is 0. The first-order valence-electron chi connectivity index (χ1n) is 6.65. The third-order valence-corrected chi connectivity index (χ3v) is 3.69. The zero-order valence-electron chi connectivity index (χ0n) is 11.3. The zero-order chi connectivity index (χ0) is 14.8. The van der Waals surface area contributed by atoms with Crippen LogP contribution in [0.2, 0.25) is 0 Å². The molecule has 1 aromatic carbocycles. The highest BCUT2D eigenvalue weighted by Gasteiger charge is 2.36. The second-order valence-electron chi connectivity index (χ2n) is 5.08. The van der Waals surface area contributed by atoms with Gasteiger partial charge < -0.3 is 5.32 Å². The van der Waals surface area contributed by atoms with Gasteiger partial charge in [-0.2, -0.15) is 13.2 Å². The molecule has 0 unspecified atom stereocenters. The maximum atomic E-state index is 13.6. The van der Waals surface area contributed by atoms with Crippen LogP contribution in [0.25, 0.3) is 0 Å². The molecule has 6 heteroatoms. The quantitative estimate of drug-likeness (QED) is 0.861. The highest BCUT2D eigenvalue weighted by atomic mass is 19.4. The summed E-state index contributed by atoms with van der Waals surface area (Å²) in [5.74, 6) is -0.454. The highest BCUT2D eigenvalue weighted by Crippen LogP contribution is 2.35. The van der Waals surface area contributed by atoms with Gasteiger partial charge in [-0.15, -0.1) is 0 Å². The van der Waals surface area contributed by atoms with Crippen molar-refractivity contribution in [1.82, 2.24) is 10.2 Å². The van der Waals surface area contributed by atoms with E-state index in [1.54, 1.807) is 11.0 Å². The van der Waals surface area contributed by atoms with E-state index in [2.05, 4.69) is 5.32 Å². The molecule has 0 radical (unpaired) electrons. The molecule has 0 amide bonds. The first-order chi connectivity index (χ1) is 9.38. The molecule has 20 heavy (non-hydrogen) atoms. The predicted octanol–water partition coefficient (Wildman–Crippen LogP) is 3.03. The Kier molecular flexibility index (Phi) is 4.65. The van der Waals surface area contributed by atoms with Crippen molar-refractivity contribution in [2.45, 2.75) is 25.6 Å². The molecule has 1 atom stereocenters. The maximum Gasteiger partial charge on any atom is 0.390 e. The lowest BCUT2D eigenvalue weighted by Crippen LogP contribution is -2.46. The van der Waals surface area contributed by atoms with Crippen LogP contribution in [0.15, 0.2) is 18.2 Å². The fraction of sp³-hybridized carbons (Fsp3) is 0.571. The fourth-order valence-corrected chi connectivity index (χ4v) is 2.63. The van der Waals surface area contributed by atoms with E-state index >= 15 is 0 Å². The second-order valence-corrected chi connectivity index (χ2v) is 5.08. The van der Waals surface area contributed by atoms with E-state index in [0.717, 1.165) is 0 Å². The lowest BCUT2D eigenvalue weighted by atomic mass is 9.96. The Balaban J connectivity index is 2.32. The highest BCUT2D eigenvalue weighted by molar-refractivity contribution is 5.30. The van der Waals surface area contributed by atoms with E-state index in [1.165, 1.54) is 19.1 Å². The van der Waals surface area contributed by atoms with E-state index in [1.807, 2.05) is 0 Å². The van der Waals surface area contributed by atoms with Gasteiger partial charge >= 0.3 is 6.18 Å². The van der Waals surface area contributed by atoms with Crippen LogP contribution in [0.1, 0.15) is 23.6 Å². The van der Waals surface area contributed by atoms with Crippen LogP contribution >= 0.6 is 0 Å².